The monoisotopic (exact) mass is 371 g/mol. The smallest absolute Gasteiger partial charge is 0.271 e. The molecule has 2 aromatic carbocycles. The second-order valence-electron chi connectivity index (χ2n) is 5.36. The van der Waals surface area contributed by atoms with Crippen molar-refractivity contribution >= 4 is 34.6 Å². The highest BCUT2D eigenvalue weighted by atomic mass is 35.5. The van der Waals surface area contributed by atoms with Crippen molar-refractivity contribution < 1.29 is 13.9 Å². The normalized spacial score (nSPS) is 11.0. The molecule has 132 valence electrons. The van der Waals surface area contributed by atoms with Crippen molar-refractivity contribution in [3.05, 3.63) is 70.6 Å². The Morgan fingerprint density at radius 2 is 2.04 bits per heavy atom. The molecule has 0 saturated heterocycles. The number of fused-ring (bicyclic) bond motifs is 1. The first kappa shape index (κ1) is 17.8. The molecule has 26 heavy (non-hydrogen) atoms. The molecule has 5 nitrogen and oxygen atoms in total. The van der Waals surface area contributed by atoms with E-state index in [1.807, 2.05) is 31.2 Å². The van der Waals surface area contributed by atoms with Crippen molar-refractivity contribution in [2.45, 2.75) is 6.92 Å². The summed E-state index contributed by atoms with van der Waals surface area (Å²) in [4.78, 5) is 16.3. The third-order valence-electron chi connectivity index (χ3n) is 3.56. The van der Waals surface area contributed by atoms with Crippen molar-refractivity contribution in [2.75, 3.05) is 6.61 Å². The maximum atomic E-state index is 12.9. The Balaban J connectivity index is 1.76. The lowest BCUT2D eigenvalue weighted by atomic mass is 10.1. The highest BCUT2D eigenvalue weighted by Crippen LogP contribution is 2.23. The number of carbonyl (C=O) groups is 1. The number of halogens is 2. The van der Waals surface area contributed by atoms with E-state index >= 15 is 0 Å². The van der Waals surface area contributed by atoms with Gasteiger partial charge >= 0.3 is 0 Å². The molecule has 0 radical (unpaired) electrons. The summed E-state index contributed by atoms with van der Waals surface area (Å²) in [5.74, 6) is -0.143. The molecular formula is C19H15ClFN3O2. The Morgan fingerprint density at radius 1 is 1.27 bits per heavy atom. The first-order valence-corrected chi connectivity index (χ1v) is 8.26. The molecule has 7 heteroatoms. The van der Waals surface area contributed by atoms with Crippen molar-refractivity contribution in [1.29, 1.82) is 0 Å². The summed E-state index contributed by atoms with van der Waals surface area (Å²) in [6, 6.07) is 12.5. The van der Waals surface area contributed by atoms with Crippen LogP contribution in [0.25, 0.3) is 10.9 Å². The standard InChI is InChI=1S/C19H15ClFN3O2/c1-2-26-16-8-5-13-9-14(18(20)23-17(13)10-16)11-22-24-19(25)12-3-6-15(21)7-4-12/h3-11H,2H2,1H3,(H,24,25)/b22-11+. The topological polar surface area (TPSA) is 63.6 Å². The molecule has 1 heterocycles. The molecule has 1 N–H and O–H groups in total. The van der Waals surface area contributed by atoms with Crippen LogP contribution in [0.4, 0.5) is 4.39 Å². The average Bonchev–Trinajstić information content (AvgIpc) is 2.63. The number of carbonyl (C=O) groups excluding carboxylic acids is 1. The maximum Gasteiger partial charge on any atom is 0.271 e. The van der Waals surface area contributed by atoms with Gasteiger partial charge in [0, 0.05) is 22.6 Å². The van der Waals surface area contributed by atoms with Gasteiger partial charge in [-0.05, 0) is 49.4 Å². The number of pyridine rings is 1. The number of rotatable bonds is 5. The van der Waals surface area contributed by atoms with E-state index in [-0.39, 0.29) is 5.15 Å². The number of aromatic nitrogens is 1. The quantitative estimate of drug-likeness (QED) is 0.415. The Morgan fingerprint density at radius 3 is 2.77 bits per heavy atom. The van der Waals surface area contributed by atoms with E-state index in [9.17, 15) is 9.18 Å². The largest absolute Gasteiger partial charge is 0.494 e. The fourth-order valence-electron chi connectivity index (χ4n) is 2.31. The van der Waals surface area contributed by atoms with Crippen molar-refractivity contribution in [3.8, 4) is 5.75 Å². The van der Waals surface area contributed by atoms with E-state index in [0.29, 0.717) is 23.3 Å². The van der Waals surface area contributed by atoms with Gasteiger partial charge in [-0.15, -0.1) is 0 Å². The van der Waals surface area contributed by atoms with Crippen molar-refractivity contribution in [1.82, 2.24) is 10.4 Å². The van der Waals surface area contributed by atoms with Gasteiger partial charge in [-0.1, -0.05) is 11.6 Å². The molecule has 0 spiro atoms. The summed E-state index contributed by atoms with van der Waals surface area (Å²) in [7, 11) is 0. The molecule has 0 atom stereocenters. The molecule has 1 amide bonds. The van der Waals surface area contributed by atoms with Crippen LogP contribution in [-0.4, -0.2) is 23.7 Å². The van der Waals surface area contributed by atoms with Crippen LogP contribution in [0.15, 0.2) is 53.6 Å². The minimum atomic E-state index is -0.451. The summed E-state index contributed by atoms with van der Waals surface area (Å²) in [5, 5.41) is 5.01. The second-order valence-corrected chi connectivity index (χ2v) is 5.72. The fourth-order valence-corrected chi connectivity index (χ4v) is 2.51. The minimum Gasteiger partial charge on any atom is -0.494 e. The number of nitrogens with one attached hydrogen (secondary N) is 1. The number of benzene rings is 2. The van der Waals surface area contributed by atoms with E-state index < -0.39 is 11.7 Å². The number of hydrazone groups is 1. The molecule has 3 rings (SSSR count). The van der Waals surface area contributed by atoms with Gasteiger partial charge in [0.1, 0.15) is 16.7 Å². The van der Waals surface area contributed by atoms with E-state index in [1.165, 1.54) is 30.5 Å². The zero-order valence-electron chi connectivity index (χ0n) is 13.9. The average molecular weight is 372 g/mol. The van der Waals surface area contributed by atoms with Crippen molar-refractivity contribution in [3.63, 3.8) is 0 Å². The summed E-state index contributed by atoms with van der Waals surface area (Å²) in [6.45, 7) is 2.47. The zero-order valence-corrected chi connectivity index (χ0v) is 14.6. The van der Waals surface area contributed by atoms with Gasteiger partial charge in [0.15, 0.2) is 0 Å². The van der Waals surface area contributed by atoms with Gasteiger partial charge in [-0.2, -0.15) is 5.10 Å². The number of amides is 1. The van der Waals surface area contributed by atoms with Crippen LogP contribution in [-0.2, 0) is 0 Å². The second kappa shape index (κ2) is 7.93. The molecule has 0 bridgehead atoms. The minimum absolute atomic E-state index is 0.255. The molecule has 0 aliphatic rings. The van der Waals surface area contributed by atoms with E-state index in [4.69, 9.17) is 16.3 Å². The summed E-state index contributed by atoms with van der Waals surface area (Å²) < 4.78 is 18.3. The molecule has 0 saturated carbocycles. The summed E-state index contributed by atoms with van der Waals surface area (Å²) in [5.41, 5.74) is 3.93. The lowest BCUT2D eigenvalue weighted by Crippen LogP contribution is -2.17. The Bertz CT molecular complexity index is 974. The first-order valence-electron chi connectivity index (χ1n) is 7.89. The van der Waals surface area contributed by atoms with Crippen molar-refractivity contribution in [2.24, 2.45) is 5.10 Å². The van der Waals surface area contributed by atoms with Gasteiger partial charge in [-0.25, -0.2) is 14.8 Å². The number of nitrogens with zero attached hydrogens (tertiary/aromatic N) is 2. The van der Waals surface area contributed by atoms with Crippen LogP contribution in [0.5, 0.6) is 5.75 Å². The maximum absolute atomic E-state index is 12.9. The molecular weight excluding hydrogens is 357 g/mol. The fraction of sp³-hybridized carbons (Fsp3) is 0.105. The number of hydrogen-bond donors (Lipinski definition) is 1. The highest BCUT2D eigenvalue weighted by molar-refractivity contribution is 6.32. The van der Waals surface area contributed by atoms with Gasteiger partial charge in [0.25, 0.3) is 5.91 Å². The molecule has 0 aliphatic heterocycles. The van der Waals surface area contributed by atoms with E-state index in [1.54, 1.807) is 0 Å². The zero-order chi connectivity index (χ0) is 18.5. The Hall–Kier alpha value is -2.99. The Labute approximate surface area is 154 Å². The Kier molecular flexibility index (Phi) is 5.43. The molecule has 0 aliphatic carbocycles. The molecule has 0 unspecified atom stereocenters. The van der Waals surface area contributed by atoms with Crippen LogP contribution in [0.2, 0.25) is 5.15 Å². The van der Waals surface area contributed by atoms with Crippen LogP contribution in [0.3, 0.4) is 0 Å². The molecule has 0 fully saturated rings. The first-order chi connectivity index (χ1) is 12.6. The van der Waals surface area contributed by atoms with E-state index in [0.717, 1.165) is 11.1 Å². The van der Waals surface area contributed by atoms with Crippen LogP contribution >= 0.6 is 11.6 Å². The van der Waals surface area contributed by atoms with Gasteiger partial charge in [0.05, 0.1) is 18.3 Å². The summed E-state index contributed by atoms with van der Waals surface area (Å²) >= 11 is 6.18. The lowest BCUT2D eigenvalue weighted by Gasteiger charge is -2.06. The third kappa shape index (κ3) is 4.15. The number of hydrogen-bond acceptors (Lipinski definition) is 4. The molecule has 1 aromatic heterocycles. The SMILES string of the molecule is CCOc1ccc2cc(/C=N/NC(=O)c3ccc(F)cc3)c(Cl)nc2c1. The summed E-state index contributed by atoms with van der Waals surface area (Å²) in [6.07, 6.45) is 1.41. The van der Waals surface area contributed by atoms with Gasteiger partial charge < -0.3 is 4.74 Å². The van der Waals surface area contributed by atoms with Gasteiger partial charge in [0.2, 0.25) is 0 Å². The van der Waals surface area contributed by atoms with Crippen LogP contribution in [0, 0.1) is 5.82 Å². The van der Waals surface area contributed by atoms with E-state index in [2.05, 4.69) is 15.5 Å². The van der Waals surface area contributed by atoms with Crippen LogP contribution in [0.1, 0.15) is 22.8 Å². The number of ether oxygens (including phenoxy) is 1. The highest BCUT2D eigenvalue weighted by Gasteiger charge is 2.06. The van der Waals surface area contributed by atoms with Gasteiger partial charge in [-0.3, -0.25) is 4.79 Å². The predicted molar refractivity (Wildman–Crippen MR) is 99.4 cm³/mol. The van der Waals surface area contributed by atoms with Crippen LogP contribution < -0.4 is 10.2 Å². The third-order valence-corrected chi connectivity index (χ3v) is 3.86. The lowest BCUT2D eigenvalue weighted by molar-refractivity contribution is 0.0955. The predicted octanol–water partition coefficient (Wildman–Crippen LogP) is 4.19. The molecule has 3 aromatic rings.